The topological polar surface area (TPSA) is 72.5 Å². The zero-order valence-corrected chi connectivity index (χ0v) is 57.0. The molecule has 0 spiro atoms. The summed E-state index contributed by atoms with van der Waals surface area (Å²) in [5.41, 5.74) is 24.7. The number of phosphoric acid groups is 1. The Morgan fingerprint density at radius 3 is 0.791 bits per heavy atom. The van der Waals surface area contributed by atoms with Crippen molar-refractivity contribution in [2.75, 3.05) is 21.3 Å². The number of phosphoric ester groups is 1. The number of hydrogen-bond donors (Lipinski definition) is 0. The fourth-order valence-electron chi connectivity index (χ4n) is 14.8. The summed E-state index contributed by atoms with van der Waals surface area (Å²) in [6.07, 6.45) is 13.4. The molecule has 6 aromatic rings. The van der Waals surface area contributed by atoms with Crippen LogP contribution in [0.15, 0.2) is 91.0 Å². The van der Waals surface area contributed by atoms with Gasteiger partial charge in [0.2, 0.25) is 0 Å². The maximum atomic E-state index is 14.9. The van der Waals surface area contributed by atoms with Crippen molar-refractivity contribution in [1.29, 1.82) is 0 Å². The largest absolute Gasteiger partial charge is 0.496 e. The van der Waals surface area contributed by atoms with Gasteiger partial charge in [0.15, 0.2) is 0 Å². The van der Waals surface area contributed by atoms with E-state index in [2.05, 4.69) is 197 Å². The summed E-state index contributed by atoms with van der Waals surface area (Å²) in [5.74, 6) is 2.92. The van der Waals surface area contributed by atoms with Gasteiger partial charge in [-0.05, 0) is 214 Å². The van der Waals surface area contributed by atoms with Crippen LogP contribution < -0.4 is 14.2 Å². The first-order valence-electron chi connectivity index (χ1n) is 31.3. The van der Waals surface area contributed by atoms with Crippen LogP contribution in [0.25, 0.3) is 34.9 Å². The van der Waals surface area contributed by atoms with Gasteiger partial charge in [0.25, 0.3) is 0 Å². The Morgan fingerprint density at radius 2 is 0.581 bits per heavy atom. The third-order valence-corrected chi connectivity index (χ3v) is 21.1. The first-order valence-corrected chi connectivity index (χ1v) is 32.8. The van der Waals surface area contributed by atoms with Gasteiger partial charge in [-0.1, -0.05) is 174 Å². The number of allylic oxidation sites excluding steroid dienone is 3. The SMILES string of the molecule is COc1c(/C(C)=C/c2ccc(COP(=O)(OCc3ccc(/C=C(\C)c4cc(C)c5c(c4OC)C(C)(C)CCC5(C)C)cc3)OCc3ccc(/C=C(\C)c4cc(C)c5c(c4OC)C(C)(C)CCC5(C)C)cc3)cc2)cc(C)c2c1C(C)(C)CCC2(C)C. The van der Waals surface area contributed by atoms with E-state index < -0.39 is 7.82 Å². The van der Waals surface area contributed by atoms with Crippen molar-refractivity contribution in [2.45, 2.75) is 215 Å². The standard InChI is InChI=1S/C78H99O7P/c1-49(61-43-52(4)64-67(70(61)80-19)76(13,14)37-34-73(64,7)8)40-55-22-28-58(29-23-55)46-83-86(79,84-47-59-30-24-56(25-31-59)41-50(2)62-44-53(5)65-68(71(62)81-20)77(15,16)38-35-74(65,9)10)85-48-60-32-26-57(27-33-60)42-51(3)63-45-54(6)66-69(72(63)82-21)78(17,18)39-36-75(66,11)12/h22-33,40-45H,34-39,46-48H2,1-21H3/b49-40+,50-41+,51-42+. The normalized spacial score (nSPS) is 18.4. The molecule has 3 aliphatic rings. The van der Waals surface area contributed by atoms with Gasteiger partial charge in [-0.25, -0.2) is 4.57 Å². The van der Waals surface area contributed by atoms with Crippen LogP contribution in [0.4, 0.5) is 0 Å². The van der Waals surface area contributed by atoms with Crippen LogP contribution in [0.5, 0.6) is 17.2 Å². The summed E-state index contributed by atoms with van der Waals surface area (Å²) < 4.78 is 52.6. The maximum Gasteiger partial charge on any atom is 0.475 e. The molecule has 0 saturated heterocycles. The molecular weight excluding hydrogens is 1080 g/mol. The summed E-state index contributed by atoms with van der Waals surface area (Å²) in [6.45, 7) is 41.6. The molecule has 0 unspecified atom stereocenters. The highest BCUT2D eigenvalue weighted by Crippen LogP contribution is 2.57. The molecule has 9 rings (SSSR count). The van der Waals surface area contributed by atoms with Crippen LogP contribution >= 0.6 is 7.82 Å². The van der Waals surface area contributed by atoms with E-state index >= 15 is 0 Å². The molecule has 6 aromatic carbocycles. The highest BCUT2D eigenvalue weighted by molar-refractivity contribution is 7.48. The molecule has 0 saturated carbocycles. The average molecular weight is 1180 g/mol. The second-order valence-electron chi connectivity index (χ2n) is 29.4. The molecule has 86 heavy (non-hydrogen) atoms. The zero-order valence-electron chi connectivity index (χ0n) is 56.1. The van der Waals surface area contributed by atoms with Gasteiger partial charge in [0.05, 0.1) is 41.2 Å². The van der Waals surface area contributed by atoms with E-state index in [-0.39, 0.29) is 52.3 Å². The van der Waals surface area contributed by atoms with Crippen molar-refractivity contribution in [2.24, 2.45) is 0 Å². The number of ether oxygens (including phenoxy) is 3. The second kappa shape index (κ2) is 24.2. The summed E-state index contributed by atoms with van der Waals surface area (Å²) in [4.78, 5) is 0. The Hall–Kier alpha value is -5.95. The van der Waals surface area contributed by atoms with Gasteiger partial charge in [-0.3, -0.25) is 13.6 Å². The van der Waals surface area contributed by atoms with E-state index in [0.29, 0.717) is 0 Å². The fourth-order valence-corrected chi connectivity index (χ4v) is 15.9. The first kappa shape index (κ1) is 64.5. The predicted octanol–water partition coefficient (Wildman–Crippen LogP) is 21.4. The Labute approximate surface area is 517 Å². The fraction of sp³-hybridized carbons (Fsp3) is 0.462. The molecule has 0 N–H and O–H groups in total. The molecular formula is C78H99O7P. The Morgan fingerprint density at radius 1 is 0.372 bits per heavy atom. The molecule has 0 heterocycles. The van der Waals surface area contributed by atoms with Crippen LogP contribution in [-0.2, 0) is 70.4 Å². The Kier molecular flexibility index (Phi) is 18.2. The number of aryl methyl sites for hydroxylation is 3. The molecule has 0 atom stereocenters. The lowest BCUT2D eigenvalue weighted by Crippen LogP contribution is -2.35. The number of fused-ring (bicyclic) bond motifs is 3. The molecule has 8 heteroatoms. The van der Waals surface area contributed by atoms with E-state index in [1.165, 1.54) is 50.1 Å². The van der Waals surface area contributed by atoms with Gasteiger partial charge < -0.3 is 14.2 Å². The average Bonchev–Trinajstić information content (AvgIpc) is 0.774. The number of benzene rings is 6. The minimum atomic E-state index is -4.15. The van der Waals surface area contributed by atoms with E-state index in [0.717, 1.165) is 123 Å². The van der Waals surface area contributed by atoms with E-state index in [9.17, 15) is 4.57 Å². The van der Waals surface area contributed by atoms with Crippen molar-refractivity contribution in [3.63, 3.8) is 0 Å². The maximum absolute atomic E-state index is 14.9. The smallest absolute Gasteiger partial charge is 0.475 e. The van der Waals surface area contributed by atoms with Crippen molar-refractivity contribution >= 4 is 42.8 Å². The minimum Gasteiger partial charge on any atom is -0.496 e. The summed E-state index contributed by atoms with van der Waals surface area (Å²) >= 11 is 0. The summed E-state index contributed by atoms with van der Waals surface area (Å²) in [5, 5.41) is 0. The molecule has 0 aliphatic heterocycles. The molecule has 0 radical (unpaired) electrons. The molecule has 0 bridgehead atoms. The summed E-state index contributed by atoms with van der Waals surface area (Å²) in [7, 11) is 1.26. The van der Waals surface area contributed by atoms with Gasteiger partial charge >= 0.3 is 7.82 Å². The van der Waals surface area contributed by atoms with Crippen molar-refractivity contribution in [1.82, 2.24) is 0 Å². The van der Waals surface area contributed by atoms with E-state index in [4.69, 9.17) is 27.8 Å². The molecule has 0 amide bonds. The quantitative estimate of drug-likeness (QED) is 0.0627. The van der Waals surface area contributed by atoms with Crippen molar-refractivity contribution in [3.05, 3.63) is 191 Å². The third kappa shape index (κ3) is 13.0. The van der Waals surface area contributed by atoms with E-state index in [1.54, 1.807) is 21.3 Å². The highest BCUT2D eigenvalue weighted by atomic mass is 31.2. The zero-order chi connectivity index (χ0) is 62.7. The van der Waals surface area contributed by atoms with Crippen molar-refractivity contribution < 1.29 is 32.3 Å². The van der Waals surface area contributed by atoms with Crippen LogP contribution in [0.3, 0.4) is 0 Å². The van der Waals surface area contributed by atoms with Gasteiger partial charge in [0, 0.05) is 33.4 Å². The molecule has 3 aliphatic carbocycles. The lowest BCUT2D eigenvalue weighted by molar-refractivity contribution is 0.0978. The van der Waals surface area contributed by atoms with E-state index in [1.807, 2.05) is 36.4 Å². The molecule has 0 fully saturated rings. The first-order chi connectivity index (χ1) is 40.2. The lowest BCUT2D eigenvalue weighted by Gasteiger charge is -2.44. The molecule has 7 nitrogen and oxygen atoms in total. The second-order valence-corrected chi connectivity index (χ2v) is 31.0. The molecule has 458 valence electrons. The Bertz CT molecular complexity index is 3290. The van der Waals surface area contributed by atoms with Gasteiger partial charge in [-0.15, -0.1) is 0 Å². The minimum absolute atomic E-state index is 0.00418. The van der Waals surface area contributed by atoms with Gasteiger partial charge in [-0.2, -0.15) is 0 Å². The number of rotatable bonds is 18. The van der Waals surface area contributed by atoms with Crippen LogP contribution in [0.2, 0.25) is 0 Å². The van der Waals surface area contributed by atoms with Crippen LogP contribution in [-0.4, -0.2) is 21.3 Å². The van der Waals surface area contributed by atoms with Crippen LogP contribution in [0.1, 0.15) is 243 Å². The monoisotopic (exact) mass is 1180 g/mol. The summed E-state index contributed by atoms with van der Waals surface area (Å²) in [6, 6.07) is 31.4. The van der Waals surface area contributed by atoms with Crippen molar-refractivity contribution in [3.8, 4) is 17.2 Å². The highest BCUT2D eigenvalue weighted by Gasteiger charge is 2.44. The third-order valence-electron chi connectivity index (χ3n) is 19.8. The number of hydrogen-bond acceptors (Lipinski definition) is 7. The Balaban J connectivity index is 0.950. The molecule has 0 aromatic heterocycles. The number of methoxy groups -OCH3 is 3. The van der Waals surface area contributed by atoms with Crippen LogP contribution in [0, 0.1) is 20.8 Å². The lowest BCUT2D eigenvalue weighted by atomic mass is 9.61. The predicted molar refractivity (Wildman–Crippen MR) is 361 cm³/mol. The van der Waals surface area contributed by atoms with Gasteiger partial charge in [0.1, 0.15) is 17.2 Å².